The standard InChI is InChI=1S/C28H39NO5S/c1-16-8-7-9-17(2)26(32)18(3)27(33)28(5,6)24(30)15-25(31)34-22(12-10-16)20-11-13-23-21(14-20)29-19(4)35-23/h10-11,13-14,17-18,22,24,26,30,32H,7-9,12,15H2,1-6H3/b16-10-/t17-,18+,22?,24-,26-/m0/s1. The van der Waals surface area contributed by atoms with Gasteiger partial charge in [0.05, 0.1) is 39.3 Å². The number of cyclic esters (lactones) is 1. The van der Waals surface area contributed by atoms with Gasteiger partial charge < -0.3 is 14.9 Å². The monoisotopic (exact) mass is 501 g/mol. The molecule has 2 heterocycles. The number of hydrogen-bond donors (Lipinski definition) is 2. The Morgan fingerprint density at radius 2 is 1.86 bits per heavy atom. The van der Waals surface area contributed by atoms with Gasteiger partial charge in [-0.1, -0.05) is 45.4 Å². The maximum absolute atomic E-state index is 13.2. The third kappa shape index (κ3) is 6.57. The van der Waals surface area contributed by atoms with Crippen molar-refractivity contribution in [3.8, 4) is 0 Å². The summed E-state index contributed by atoms with van der Waals surface area (Å²) >= 11 is 1.62. The number of aryl methyl sites for hydroxylation is 1. The van der Waals surface area contributed by atoms with Crippen LogP contribution in [0.5, 0.6) is 0 Å². The van der Waals surface area contributed by atoms with E-state index in [0.717, 1.165) is 40.1 Å². The van der Waals surface area contributed by atoms with Crippen molar-refractivity contribution >= 4 is 33.3 Å². The minimum Gasteiger partial charge on any atom is -0.457 e. The number of ketones is 1. The predicted molar refractivity (Wildman–Crippen MR) is 139 cm³/mol. The summed E-state index contributed by atoms with van der Waals surface area (Å²) in [6, 6.07) is 5.93. The number of hydrogen-bond acceptors (Lipinski definition) is 7. The molecule has 0 aliphatic carbocycles. The second kappa shape index (κ2) is 11.3. The summed E-state index contributed by atoms with van der Waals surface area (Å²) in [4.78, 5) is 30.7. The molecule has 1 aromatic carbocycles. The van der Waals surface area contributed by atoms with Gasteiger partial charge in [0, 0.05) is 12.3 Å². The van der Waals surface area contributed by atoms with E-state index in [2.05, 4.69) is 18.0 Å². The SMILES string of the molecule is C/C1=C/CC(c2ccc3sc(C)nc3c2)OC(=O)C[C@H](O)C(C)(C)C(=O)[C@H](C)[C@@H](O)[C@@H](C)CCC1. The molecule has 35 heavy (non-hydrogen) atoms. The Kier molecular flexibility index (Phi) is 8.89. The Balaban J connectivity index is 1.91. The predicted octanol–water partition coefficient (Wildman–Crippen LogP) is 5.69. The summed E-state index contributed by atoms with van der Waals surface area (Å²) in [6.07, 6.45) is 2.35. The van der Waals surface area contributed by atoms with E-state index in [1.165, 1.54) is 5.57 Å². The van der Waals surface area contributed by atoms with E-state index in [1.807, 2.05) is 32.0 Å². The minimum atomic E-state index is -1.22. The van der Waals surface area contributed by atoms with Gasteiger partial charge in [0.25, 0.3) is 0 Å². The van der Waals surface area contributed by atoms with Crippen LogP contribution >= 0.6 is 11.3 Å². The van der Waals surface area contributed by atoms with Crippen LogP contribution in [0.1, 0.15) is 83.4 Å². The fourth-order valence-corrected chi connectivity index (χ4v) is 5.62. The summed E-state index contributed by atoms with van der Waals surface area (Å²) in [5, 5.41) is 22.6. The number of esters is 1. The Labute approximate surface area is 212 Å². The second-order valence-corrected chi connectivity index (χ2v) is 11.9. The number of fused-ring (bicyclic) bond motifs is 1. The van der Waals surface area contributed by atoms with E-state index >= 15 is 0 Å². The van der Waals surface area contributed by atoms with Crippen LogP contribution in [0, 0.1) is 24.2 Å². The van der Waals surface area contributed by atoms with Crippen molar-refractivity contribution in [2.45, 2.75) is 92.0 Å². The minimum absolute atomic E-state index is 0.0476. The first kappa shape index (κ1) is 27.5. The summed E-state index contributed by atoms with van der Waals surface area (Å²) in [5.41, 5.74) is 1.73. The molecule has 2 N–H and O–H groups in total. The van der Waals surface area contributed by atoms with E-state index in [4.69, 9.17) is 4.74 Å². The molecule has 7 heteroatoms. The summed E-state index contributed by atoms with van der Waals surface area (Å²) in [6.45, 7) is 11.0. The van der Waals surface area contributed by atoms with Crippen LogP contribution in [-0.4, -0.2) is 39.2 Å². The van der Waals surface area contributed by atoms with Crippen molar-refractivity contribution in [3.05, 3.63) is 40.4 Å². The largest absolute Gasteiger partial charge is 0.457 e. The van der Waals surface area contributed by atoms with Crippen molar-refractivity contribution in [3.63, 3.8) is 0 Å². The van der Waals surface area contributed by atoms with Gasteiger partial charge in [-0.2, -0.15) is 0 Å². The van der Waals surface area contributed by atoms with Crippen molar-refractivity contribution in [1.82, 2.24) is 4.98 Å². The molecular formula is C28H39NO5S. The number of aliphatic hydroxyl groups is 2. The smallest absolute Gasteiger partial charge is 0.309 e. The van der Waals surface area contributed by atoms with Crippen LogP contribution in [0.15, 0.2) is 29.8 Å². The van der Waals surface area contributed by atoms with Gasteiger partial charge in [-0.15, -0.1) is 11.3 Å². The van der Waals surface area contributed by atoms with E-state index in [9.17, 15) is 19.8 Å². The number of benzene rings is 1. The molecule has 3 rings (SSSR count). The highest BCUT2D eigenvalue weighted by molar-refractivity contribution is 7.18. The Hall–Kier alpha value is -2.09. The average Bonchev–Trinajstić information content (AvgIpc) is 3.18. The molecule has 1 aliphatic rings. The molecule has 1 unspecified atom stereocenters. The molecule has 192 valence electrons. The normalized spacial score (nSPS) is 31.1. The summed E-state index contributed by atoms with van der Waals surface area (Å²) in [7, 11) is 0. The fraction of sp³-hybridized carbons (Fsp3) is 0.607. The van der Waals surface area contributed by atoms with Crippen molar-refractivity contribution in [2.24, 2.45) is 17.3 Å². The zero-order valence-corrected chi connectivity index (χ0v) is 22.5. The Morgan fingerprint density at radius 1 is 1.14 bits per heavy atom. The number of rotatable bonds is 1. The lowest BCUT2D eigenvalue weighted by molar-refractivity contribution is -0.155. The molecule has 0 saturated carbocycles. The van der Waals surface area contributed by atoms with Gasteiger partial charge in [-0.3, -0.25) is 9.59 Å². The van der Waals surface area contributed by atoms with Crippen molar-refractivity contribution in [2.75, 3.05) is 0 Å². The molecule has 0 radical (unpaired) electrons. The van der Waals surface area contributed by atoms with E-state index in [1.54, 1.807) is 32.1 Å². The second-order valence-electron chi connectivity index (χ2n) is 10.7. The molecule has 0 bridgehead atoms. The van der Waals surface area contributed by atoms with Crippen molar-refractivity contribution < 1.29 is 24.5 Å². The molecule has 0 saturated heterocycles. The third-order valence-electron chi connectivity index (χ3n) is 7.41. The highest BCUT2D eigenvalue weighted by atomic mass is 32.1. The first-order chi connectivity index (χ1) is 16.4. The number of aromatic nitrogens is 1. The van der Waals surface area contributed by atoms with E-state index in [-0.39, 0.29) is 18.1 Å². The molecule has 0 spiro atoms. The number of allylic oxidation sites excluding steroid dienone is 1. The fourth-order valence-electron chi connectivity index (χ4n) is 4.81. The first-order valence-corrected chi connectivity index (χ1v) is 13.3. The molecule has 0 amide bonds. The van der Waals surface area contributed by atoms with Crippen LogP contribution in [0.2, 0.25) is 0 Å². The van der Waals surface area contributed by atoms with Crippen LogP contribution < -0.4 is 0 Å². The van der Waals surface area contributed by atoms with Gasteiger partial charge in [-0.25, -0.2) is 4.98 Å². The highest BCUT2D eigenvalue weighted by Gasteiger charge is 2.42. The zero-order valence-electron chi connectivity index (χ0n) is 21.7. The molecular weight excluding hydrogens is 462 g/mol. The lowest BCUT2D eigenvalue weighted by atomic mass is 9.73. The number of aliphatic hydroxyl groups excluding tert-OH is 2. The van der Waals surface area contributed by atoms with Gasteiger partial charge in [0.2, 0.25) is 0 Å². The van der Waals surface area contributed by atoms with E-state index in [0.29, 0.717) is 6.42 Å². The zero-order chi connectivity index (χ0) is 25.9. The third-order valence-corrected chi connectivity index (χ3v) is 8.36. The van der Waals surface area contributed by atoms with Crippen molar-refractivity contribution in [1.29, 1.82) is 0 Å². The molecule has 1 aliphatic heterocycles. The summed E-state index contributed by atoms with van der Waals surface area (Å²) < 4.78 is 6.96. The van der Waals surface area contributed by atoms with Crippen LogP contribution in [-0.2, 0) is 14.3 Å². The van der Waals surface area contributed by atoms with Crippen LogP contribution in [0.25, 0.3) is 10.2 Å². The van der Waals surface area contributed by atoms with Gasteiger partial charge in [0.1, 0.15) is 11.9 Å². The number of carbonyl (C=O) groups excluding carboxylic acids is 2. The lowest BCUT2D eigenvalue weighted by Gasteiger charge is -2.34. The molecule has 1 aromatic heterocycles. The number of nitrogens with zero attached hydrogens (tertiary/aromatic N) is 1. The van der Waals surface area contributed by atoms with Crippen LogP contribution in [0.3, 0.4) is 0 Å². The number of carbonyl (C=O) groups is 2. The average molecular weight is 502 g/mol. The van der Waals surface area contributed by atoms with Gasteiger partial charge in [-0.05, 0) is 56.7 Å². The topological polar surface area (TPSA) is 96.7 Å². The quantitative estimate of drug-likeness (QED) is 0.385. The summed E-state index contributed by atoms with van der Waals surface area (Å²) in [5.74, 6) is -1.50. The molecule has 5 atom stereocenters. The van der Waals surface area contributed by atoms with Gasteiger partial charge >= 0.3 is 5.97 Å². The molecule has 6 nitrogen and oxygen atoms in total. The lowest BCUT2D eigenvalue weighted by Crippen LogP contribution is -2.45. The number of Topliss-reactive ketones (excluding diaryl/α,β-unsaturated/α-hetero) is 1. The molecule has 0 fully saturated rings. The van der Waals surface area contributed by atoms with Crippen LogP contribution in [0.4, 0.5) is 0 Å². The molecule has 2 aromatic rings. The van der Waals surface area contributed by atoms with E-state index < -0.39 is 35.6 Å². The maximum Gasteiger partial charge on any atom is 0.309 e. The Morgan fingerprint density at radius 3 is 2.57 bits per heavy atom. The van der Waals surface area contributed by atoms with Gasteiger partial charge in [0.15, 0.2) is 0 Å². The Bertz CT molecular complexity index is 1090. The number of ether oxygens (including phenoxy) is 1. The maximum atomic E-state index is 13.2. The first-order valence-electron chi connectivity index (χ1n) is 12.5. The highest BCUT2D eigenvalue weighted by Crippen LogP contribution is 2.34. The number of thiazole rings is 1.